The molecule has 2 aromatic rings. The normalized spacial score (nSPS) is 16.5. The maximum Gasteiger partial charge on any atom is 0.309 e. The lowest BCUT2D eigenvalue weighted by atomic mass is 10.0. The third kappa shape index (κ3) is 3.91. The van der Waals surface area contributed by atoms with Crippen LogP contribution in [0.25, 0.3) is 0 Å². The van der Waals surface area contributed by atoms with E-state index in [2.05, 4.69) is 4.72 Å². The standard InChI is InChI=1S/C19H21NO4S/c1-13-5-3-4-6-18(13)25(22,23)20-17-11-15-8-7-14(9-16(15)12-17)10-19(21)24-2/h3-9,17,20H,10-12H2,1-2H3. The second kappa shape index (κ2) is 6.98. The van der Waals surface area contributed by atoms with Crippen LogP contribution in [0.5, 0.6) is 0 Å². The first-order chi connectivity index (χ1) is 11.9. The van der Waals surface area contributed by atoms with Gasteiger partial charge in [0.15, 0.2) is 0 Å². The van der Waals surface area contributed by atoms with Crippen molar-refractivity contribution in [3.8, 4) is 0 Å². The van der Waals surface area contributed by atoms with E-state index in [0.717, 1.165) is 22.3 Å². The van der Waals surface area contributed by atoms with E-state index in [1.807, 2.05) is 24.3 Å². The van der Waals surface area contributed by atoms with E-state index < -0.39 is 10.0 Å². The van der Waals surface area contributed by atoms with E-state index in [4.69, 9.17) is 4.74 Å². The number of nitrogens with one attached hydrogen (secondary N) is 1. The van der Waals surface area contributed by atoms with E-state index in [9.17, 15) is 13.2 Å². The maximum absolute atomic E-state index is 12.6. The van der Waals surface area contributed by atoms with Crippen LogP contribution in [0, 0.1) is 6.92 Å². The Morgan fingerprint density at radius 3 is 2.60 bits per heavy atom. The minimum absolute atomic E-state index is 0.173. The molecule has 6 heteroatoms. The molecule has 1 N–H and O–H groups in total. The number of ether oxygens (including phenoxy) is 1. The van der Waals surface area contributed by atoms with Gasteiger partial charge >= 0.3 is 5.97 Å². The zero-order valence-corrected chi connectivity index (χ0v) is 15.1. The Hall–Kier alpha value is -2.18. The molecule has 0 amide bonds. The summed E-state index contributed by atoms with van der Waals surface area (Å²) in [5.74, 6) is -0.283. The Morgan fingerprint density at radius 1 is 1.16 bits per heavy atom. The van der Waals surface area contributed by atoms with Gasteiger partial charge in [0.2, 0.25) is 10.0 Å². The van der Waals surface area contributed by atoms with Crippen molar-refractivity contribution < 1.29 is 17.9 Å². The molecule has 1 unspecified atom stereocenters. The van der Waals surface area contributed by atoms with Crippen LogP contribution in [0.4, 0.5) is 0 Å². The van der Waals surface area contributed by atoms with Crippen molar-refractivity contribution in [2.75, 3.05) is 7.11 Å². The summed E-state index contributed by atoms with van der Waals surface area (Å²) in [4.78, 5) is 11.7. The SMILES string of the molecule is COC(=O)Cc1ccc2c(c1)CC(NS(=O)(=O)c1ccccc1C)C2. The Morgan fingerprint density at radius 2 is 1.88 bits per heavy atom. The third-order valence-corrected chi connectivity index (χ3v) is 6.17. The molecule has 25 heavy (non-hydrogen) atoms. The van der Waals surface area contributed by atoms with Crippen LogP contribution in [0.15, 0.2) is 47.4 Å². The molecule has 1 aliphatic rings. The predicted octanol–water partition coefficient (Wildman–Crippen LogP) is 2.16. The molecule has 0 fully saturated rings. The number of esters is 1. The average Bonchev–Trinajstić information content (AvgIpc) is 2.95. The van der Waals surface area contributed by atoms with Crippen molar-refractivity contribution >= 4 is 16.0 Å². The first-order valence-corrected chi connectivity index (χ1v) is 9.63. The summed E-state index contributed by atoms with van der Waals surface area (Å²) in [7, 11) is -2.18. The van der Waals surface area contributed by atoms with E-state index in [0.29, 0.717) is 17.7 Å². The number of hydrogen-bond donors (Lipinski definition) is 1. The summed E-state index contributed by atoms with van der Waals surface area (Å²) < 4.78 is 32.8. The number of carbonyl (C=O) groups excluding carboxylic acids is 1. The van der Waals surface area contributed by atoms with Crippen LogP contribution >= 0.6 is 0 Å². The zero-order chi connectivity index (χ0) is 18.0. The Bertz CT molecular complexity index is 905. The van der Waals surface area contributed by atoms with Gasteiger partial charge in [-0.05, 0) is 48.1 Å². The minimum Gasteiger partial charge on any atom is -0.469 e. The van der Waals surface area contributed by atoms with Crippen LogP contribution in [-0.2, 0) is 38.8 Å². The molecule has 0 bridgehead atoms. The third-order valence-electron chi connectivity index (χ3n) is 4.48. The monoisotopic (exact) mass is 359 g/mol. The lowest BCUT2D eigenvalue weighted by Crippen LogP contribution is -2.35. The molecule has 2 aromatic carbocycles. The molecular formula is C19H21NO4S. The summed E-state index contributed by atoms with van der Waals surface area (Å²) in [6, 6.07) is 12.6. The summed E-state index contributed by atoms with van der Waals surface area (Å²) in [6.45, 7) is 1.79. The van der Waals surface area contributed by atoms with Crippen molar-refractivity contribution in [1.29, 1.82) is 0 Å². The van der Waals surface area contributed by atoms with Gasteiger partial charge in [0, 0.05) is 6.04 Å². The summed E-state index contributed by atoms with van der Waals surface area (Å²) in [6.07, 6.45) is 1.50. The van der Waals surface area contributed by atoms with Crippen LogP contribution in [0.3, 0.4) is 0 Å². The van der Waals surface area contributed by atoms with E-state index in [-0.39, 0.29) is 18.4 Å². The number of hydrogen-bond acceptors (Lipinski definition) is 4. The quantitative estimate of drug-likeness (QED) is 0.831. The molecule has 0 spiro atoms. The lowest BCUT2D eigenvalue weighted by Gasteiger charge is -2.14. The lowest BCUT2D eigenvalue weighted by molar-refractivity contribution is -0.139. The molecule has 0 saturated heterocycles. The molecular weight excluding hydrogens is 338 g/mol. The van der Waals surface area contributed by atoms with E-state index in [1.165, 1.54) is 7.11 Å². The highest BCUT2D eigenvalue weighted by Crippen LogP contribution is 2.25. The summed E-state index contributed by atoms with van der Waals surface area (Å²) >= 11 is 0. The van der Waals surface area contributed by atoms with Crippen LogP contribution in [0.2, 0.25) is 0 Å². The fourth-order valence-corrected chi connectivity index (χ4v) is 4.73. The van der Waals surface area contributed by atoms with Crippen molar-refractivity contribution in [2.45, 2.75) is 37.1 Å². The number of methoxy groups -OCH3 is 1. The van der Waals surface area contributed by atoms with Crippen molar-refractivity contribution in [3.05, 3.63) is 64.7 Å². The van der Waals surface area contributed by atoms with Crippen LogP contribution < -0.4 is 4.72 Å². The fraction of sp³-hybridized carbons (Fsp3) is 0.316. The molecule has 0 heterocycles. The molecule has 0 aromatic heterocycles. The van der Waals surface area contributed by atoms with Gasteiger partial charge in [0.1, 0.15) is 0 Å². The van der Waals surface area contributed by atoms with Gasteiger partial charge in [-0.1, -0.05) is 36.4 Å². The highest BCUT2D eigenvalue weighted by molar-refractivity contribution is 7.89. The van der Waals surface area contributed by atoms with Gasteiger partial charge in [0.25, 0.3) is 0 Å². The maximum atomic E-state index is 12.6. The predicted molar refractivity (Wildman–Crippen MR) is 94.9 cm³/mol. The first-order valence-electron chi connectivity index (χ1n) is 8.14. The number of sulfonamides is 1. The Kier molecular flexibility index (Phi) is 4.92. The van der Waals surface area contributed by atoms with Gasteiger partial charge in [-0.15, -0.1) is 0 Å². The smallest absolute Gasteiger partial charge is 0.309 e. The highest BCUT2D eigenvalue weighted by atomic mass is 32.2. The Labute approximate surface area is 148 Å². The molecule has 0 saturated carbocycles. The second-order valence-electron chi connectivity index (χ2n) is 6.35. The second-order valence-corrected chi connectivity index (χ2v) is 8.03. The van der Waals surface area contributed by atoms with Gasteiger partial charge in [-0.3, -0.25) is 4.79 Å². The molecule has 132 valence electrons. The first kappa shape index (κ1) is 17.6. The van der Waals surface area contributed by atoms with Crippen molar-refractivity contribution in [1.82, 2.24) is 4.72 Å². The number of benzene rings is 2. The Balaban J connectivity index is 1.74. The van der Waals surface area contributed by atoms with Gasteiger partial charge in [0.05, 0.1) is 18.4 Å². The largest absolute Gasteiger partial charge is 0.469 e. The van der Waals surface area contributed by atoms with Crippen LogP contribution in [-0.4, -0.2) is 27.5 Å². The number of carbonyl (C=O) groups is 1. The topological polar surface area (TPSA) is 72.5 Å². The van der Waals surface area contributed by atoms with Crippen molar-refractivity contribution in [2.24, 2.45) is 0 Å². The minimum atomic E-state index is -3.55. The molecule has 0 aliphatic heterocycles. The number of rotatable bonds is 5. The molecule has 1 aliphatic carbocycles. The molecule has 5 nitrogen and oxygen atoms in total. The van der Waals surface area contributed by atoms with E-state index in [1.54, 1.807) is 25.1 Å². The molecule has 3 rings (SSSR count). The summed E-state index contributed by atoms with van der Waals surface area (Å²) in [5.41, 5.74) is 3.81. The highest BCUT2D eigenvalue weighted by Gasteiger charge is 2.27. The van der Waals surface area contributed by atoms with Gasteiger partial charge in [-0.2, -0.15) is 0 Å². The van der Waals surface area contributed by atoms with Gasteiger partial charge < -0.3 is 4.74 Å². The van der Waals surface area contributed by atoms with Crippen LogP contribution in [0.1, 0.15) is 22.3 Å². The number of aryl methyl sites for hydroxylation is 1. The molecule has 0 radical (unpaired) electrons. The zero-order valence-electron chi connectivity index (χ0n) is 14.3. The average molecular weight is 359 g/mol. The van der Waals surface area contributed by atoms with E-state index >= 15 is 0 Å². The fourth-order valence-electron chi connectivity index (χ4n) is 3.24. The molecule has 1 atom stereocenters. The number of fused-ring (bicyclic) bond motifs is 1. The van der Waals surface area contributed by atoms with Gasteiger partial charge in [-0.25, -0.2) is 13.1 Å². The van der Waals surface area contributed by atoms with Crippen molar-refractivity contribution in [3.63, 3.8) is 0 Å². The summed E-state index contributed by atoms with van der Waals surface area (Å²) in [5, 5.41) is 0.